The van der Waals surface area contributed by atoms with E-state index in [-0.39, 0.29) is 0 Å². The molecule has 0 amide bonds. The van der Waals surface area contributed by atoms with Gasteiger partial charge in [-0.05, 0) is 58.0 Å². The van der Waals surface area contributed by atoms with Gasteiger partial charge in [-0.15, -0.1) is 0 Å². The van der Waals surface area contributed by atoms with Crippen molar-refractivity contribution in [3.8, 4) is 5.75 Å². The number of nitrogens with one attached hydrogen (secondary N) is 1. The first-order valence-electron chi connectivity index (χ1n) is 7.90. The average molecular weight is 292 g/mol. The molecule has 1 aromatic carbocycles. The van der Waals surface area contributed by atoms with Gasteiger partial charge in [-0.1, -0.05) is 17.7 Å². The van der Waals surface area contributed by atoms with E-state index in [0.717, 1.165) is 18.8 Å². The second kappa shape index (κ2) is 8.37. The lowest BCUT2D eigenvalue weighted by Crippen LogP contribution is -2.40. The Balaban J connectivity index is 1.59. The largest absolute Gasteiger partial charge is 0.491 e. The number of aryl methyl sites for hydroxylation is 1. The first-order chi connectivity index (χ1) is 10.1. The Morgan fingerprint density at radius 2 is 2.14 bits per heavy atom. The first-order valence-corrected chi connectivity index (χ1v) is 7.90. The normalized spacial score (nSPS) is 21.2. The summed E-state index contributed by atoms with van der Waals surface area (Å²) < 4.78 is 5.58. The molecule has 4 heteroatoms. The third-order valence-electron chi connectivity index (χ3n) is 4.00. The zero-order valence-corrected chi connectivity index (χ0v) is 13.2. The van der Waals surface area contributed by atoms with Crippen LogP contribution in [0.1, 0.15) is 18.4 Å². The van der Waals surface area contributed by atoms with E-state index < -0.39 is 6.10 Å². The van der Waals surface area contributed by atoms with Gasteiger partial charge in [0.2, 0.25) is 0 Å². The number of piperidine rings is 1. The fourth-order valence-corrected chi connectivity index (χ4v) is 2.78. The number of ether oxygens (including phenoxy) is 1. The van der Waals surface area contributed by atoms with Crippen LogP contribution in [0.2, 0.25) is 0 Å². The molecule has 2 unspecified atom stereocenters. The van der Waals surface area contributed by atoms with Crippen molar-refractivity contribution in [3.63, 3.8) is 0 Å². The fraction of sp³-hybridized carbons (Fsp3) is 0.647. The van der Waals surface area contributed by atoms with Crippen LogP contribution < -0.4 is 10.1 Å². The molecule has 0 aromatic heterocycles. The van der Waals surface area contributed by atoms with Crippen molar-refractivity contribution in [2.45, 2.75) is 25.9 Å². The topological polar surface area (TPSA) is 44.7 Å². The number of aliphatic hydroxyl groups is 1. The van der Waals surface area contributed by atoms with E-state index in [1.807, 2.05) is 31.2 Å². The van der Waals surface area contributed by atoms with E-state index in [9.17, 15) is 5.11 Å². The van der Waals surface area contributed by atoms with Crippen molar-refractivity contribution in [3.05, 3.63) is 29.8 Å². The lowest BCUT2D eigenvalue weighted by Gasteiger charge is -2.30. The van der Waals surface area contributed by atoms with Gasteiger partial charge in [0.15, 0.2) is 0 Å². The van der Waals surface area contributed by atoms with E-state index in [2.05, 4.69) is 17.3 Å². The predicted molar refractivity (Wildman–Crippen MR) is 85.8 cm³/mol. The summed E-state index contributed by atoms with van der Waals surface area (Å²) in [4.78, 5) is 2.38. The molecule has 0 radical (unpaired) electrons. The number of aliphatic hydroxyl groups excluding tert-OH is 1. The van der Waals surface area contributed by atoms with Crippen molar-refractivity contribution >= 4 is 0 Å². The lowest BCUT2D eigenvalue weighted by atomic mass is 9.98. The van der Waals surface area contributed by atoms with Gasteiger partial charge in [0.1, 0.15) is 18.5 Å². The molecule has 4 nitrogen and oxygen atoms in total. The van der Waals surface area contributed by atoms with Crippen molar-refractivity contribution in [2.75, 3.05) is 39.8 Å². The predicted octanol–water partition coefficient (Wildman–Crippen LogP) is 1.67. The molecule has 1 aliphatic rings. The molecule has 118 valence electrons. The number of hydrogen-bond donors (Lipinski definition) is 2. The van der Waals surface area contributed by atoms with Gasteiger partial charge in [-0.3, -0.25) is 0 Å². The maximum Gasteiger partial charge on any atom is 0.119 e. The molecule has 2 N–H and O–H groups in total. The number of benzene rings is 1. The molecule has 21 heavy (non-hydrogen) atoms. The van der Waals surface area contributed by atoms with Crippen LogP contribution in [0.15, 0.2) is 24.3 Å². The van der Waals surface area contributed by atoms with E-state index in [1.165, 1.54) is 24.9 Å². The number of nitrogens with zero attached hydrogens (tertiary/aromatic N) is 1. The summed E-state index contributed by atoms with van der Waals surface area (Å²) in [6, 6.07) is 7.90. The van der Waals surface area contributed by atoms with Crippen LogP contribution >= 0.6 is 0 Å². The highest BCUT2D eigenvalue weighted by atomic mass is 16.5. The summed E-state index contributed by atoms with van der Waals surface area (Å²) in [5, 5.41) is 13.3. The minimum atomic E-state index is -0.465. The molecule has 1 fully saturated rings. The Kier molecular flexibility index (Phi) is 6.49. The second-order valence-electron chi connectivity index (χ2n) is 6.21. The summed E-state index contributed by atoms with van der Waals surface area (Å²) in [6.07, 6.45) is 2.10. The third-order valence-corrected chi connectivity index (χ3v) is 4.00. The lowest BCUT2D eigenvalue weighted by molar-refractivity contribution is 0.103. The minimum absolute atomic E-state index is 0.334. The number of likely N-dealkylation sites (tertiary alicyclic amines) is 1. The molecule has 1 heterocycles. The van der Waals surface area contributed by atoms with Gasteiger partial charge in [-0.25, -0.2) is 0 Å². The van der Waals surface area contributed by atoms with Crippen molar-refractivity contribution < 1.29 is 9.84 Å². The summed E-state index contributed by atoms with van der Waals surface area (Å²) in [6.45, 7) is 6.32. The SMILES string of the molecule is Cc1ccc(OCC(O)CNCC2CCCN(C)C2)cc1. The summed E-state index contributed by atoms with van der Waals surface area (Å²) >= 11 is 0. The van der Waals surface area contributed by atoms with Crippen LogP contribution in [0.3, 0.4) is 0 Å². The molecule has 1 saturated heterocycles. The maximum absolute atomic E-state index is 9.95. The Labute approximate surface area is 128 Å². The van der Waals surface area contributed by atoms with Crippen molar-refractivity contribution in [1.82, 2.24) is 10.2 Å². The summed E-state index contributed by atoms with van der Waals surface area (Å²) in [7, 11) is 2.18. The van der Waals surface area contributed by atoms with Gasteiger partial charge in [-0.2, -0.15) is 0 Å². The summed E-state index contributed by atoms with van der Waals surface area (Å²) in [5.74, 6) is 1.52. The van der Waals surface area contributed by atoms with Gasteiger partial charge in [0.25, 0.3) is 0 Å². The van der Waals surface area contributed by atoms with Crippen LogP contribution in [0.25, 0.3) is 0 Å². The zero-order chi connectivity index (χ0) is 15.1. The van der Waals surface area contributed by atoms with E-state index in [1.54, 1.807) is 0 Å². The molecule has 2 atom stereocenters. The van der Waals surface area contributed by atoms with Gasteiger partial charge in [0.05, 0.1) is 0 Å². The van der Waals surface area contributed by atoms with Gasteiger partial charge >= 0.3 is 0 Å². The molecule has 1 aliphatic heterocycles. The zero-order valence-electron chi connectivity index (χ0n) is 13.2. The maximum atomic E-state index is 9.95. The van der Waals surface area contributed by atoms with Crippen LogP contribution in [0.4, 0.5) is 0 Å². The molecular weight excluding hydrogens is 264 g/mol. The minimum Gasteiger partial charge on any atom is -0.491 e. The van der Waals surface area contributed by atoms with E-state index in [0.29, 0.717) is 19.1 Å². The Morgan fingerprint density at radius 3 is 2.86 bits per heavy atom. The van der Waals surface area contributed by atoms with Crippen LogP contribution in [-0.2, 0) is 0 Å². The molecule has 0 aliphatic carbocycles. The van der Waals surface area contributed by atoms with Crippen LogP contribution in [0, 0.1) is 12.8 Å². The standard InChI is InChI=1S/C17H28N2O2/c1-14-5-7-17(8-6-14)21-13-16(20)11-18-10-15-4-3-9-19(2)12-15/h5-8,15-16,18,20H,3-4,9-13H2,1-2H3. The highest BCUT2D eigenvalue weighted by Gasteiger charge is 2.17. The van der Waals surface area contributed by atoms with E-state index >= 15 is 0 Å². The molecule has 0 spiro atoms. The Morgan fingerprint density at radius 1 is 1.38 bits per heavy atom. The van der Waals surface area contributed by atoms with Crippen LogP contribution in [0.5, 0.6) is 5.75 Å². The molecule has 1 aromatic rings. The molecule has 0 saturated carbocycles. The summed E-state index contributed by atoms with van der Waals surface area (Å²) in [5.41, 5.74) is 1.21. The molecule has 0 bridgehead atoms. The highest BCUT2D eigenvalue weighted by molar-refractivity contribution is 5.26. The van der Waals surface area contributed by atoms with Crippen molar-refractivity contribution in [1.29, 1.82) is 0 Å². The van der Waals surface area contributed by atoms with Gasteiger partial charge < -0.3 is 20.1 Å². The Bertz CT molecular complexity index is 408. The fourth-order valence-electron chi connectivity index (χ4n) is 2.78. The smallest absolute Gasteiger partial charge is 0.119 e. The van der Waals surface area contributed by atoms with Crippen molar-refractivity contribution in [2.24, 2.45) is 5.92 Å². The third kappa shape index (κ3) is 6.04. The number of rotatable bonds is 7. The first kappa shape index (κ1) is 16.3. The number of hydrogen-bond acceptors (Lipinski definition) is 4. The van der Waals surface area contributed by atoms with E-state index in [4.69, 9.17) is 4.74 Å². The average Bonchev–Trinajstić information content (AvgIpc) is 2.47. The highest BCUT2D eigenvalue weighted by Crippen LogP contribution is 2.14. The Hall–Kier alpha value is -1.10. The molecule has 2 rings (SSSR count). The second-order valence-corrected chi connectivity index (χ2v) is 6.21. The quantitative estimate of drug-likeness (QED) is 0.802. The monoisotopic (exact) mass is 292 g/mol. The molecular formula is C17H28N2O2. The van der Waals surface area contributed by atoms with Crippen LogP contribution in [-0.4, -0.2) is 55.9 Å². The van der Waals surface area contributed by atoms with Gasteiger partial charge in [0, 0.05) is 13.1 Å².